The van der Waals surface area contributed by atoms with Crippen molar-refractivity contribution < 1.29 is 9.32 Å². The Morgan fingerprint density at radius 1 is 1.08 bits per heavy atom. The number of thioether (sulfide) groups is 1. The van der Waals surface area contributed by atoms with E-state index in [1.54, 1.807) is 13.0 Å². The third-order valence-corrected chi connectivity index (χ3v) is 4.71. The lowest BCUT2D eigenvalue weighted by atomic mass is 10.0. The summed E-state index contributed by atoms with van der Waals surface area (Å²) in [6.07, 6.45) is 1.85. The van der Waals surface area contributed by atoms with Crippen LogP contribution in [0.3, 0.4) is 0 Å². The molecule has 2 heterocycles. The van der Waals surface area contributed by atoms with E-state index in [-0.39, 0.29) is 5.91 Å². The Hall–Kier alpha value is -3.12. The van der Waals surface area contributed by atoms with Gasteiger partial charge in [0.15, 0.2) is 11.0 Å². The number of aromatic nitrogens is 1. The molecule has 6 heteroatoms. The standard InChI is InChI=1S/C20H15N3O2S/c1-13-11-18(23-25-13)21-20-22-19(24)17(26-20)12-14-7-9-16(10-8-14)15-5-3-2-4-6-15/h2-12H,1H3,(H,21,22,23,24)/b17-12+. The Labute approximate surface area is 154 Å². The van der Waals surface area contributed by atoms with Gasteiger partial charge in [-0.2, -0.15) is 0 Å². The number of carbonyl (C=O) groups is 1. The fourth-order valence-corrected chi connectivity index (χ4v) is 3.37. The topological polar surface area (TPSA) is 67.5 Å². The molecule has 0 unspecified atom stereocenters. The first-order valence-electron chi connectivity index (χ1n) is 8.06. The molecular formula is C20H15N3O2S. The quantitative estimate of drug-likeness (QED) is 0.696. The summed E-state index contributed by atoms with van der Waals surface area (Å²) in [7, 11) is 0. The molecule has 0 bridgehead atoms. The van der Waals surface area contributed by atoms with Crippen molar-refractivity contribution >= 4 is 34.7 Å². The first-order valence-corrected chi connectivity index (χ1v) is 8.87. The van der Waals surface area contributed by atoms with Crippen LogP contribution in [0.15, 0.2) is 75.1 Å². The summed E-state index contributed by atoms with van der Waals surface area (Å²) < 4.78 is 4.98. The number of hydrogen-bond acceptors (Lipinski definition) is 5. The predicted molar refractivity (Wildman–Crippen MR) is 104 cm³/mol. The van der Waals surface area contributed by atoms with Crippen LogP contribution in [-0.2, 0) is 4.79 Å². The number of carbonyl (C=O) groups excluding carboxylic acids is 1. The maximum Gasteiger partial charge on any atom is 0.264 e. The van der Waals surface area contributed by atoms with Crippen molar-refractivity contribution in [1.82, 2.24) is 10.5 Å². The minimum Gasteiger partial charge on any atom is -0.359 e. The zero-order chi connectivity index (χ0) is 17.9. The molecule has 0 aliphatic carbocycles. The largest absolute Gasteiger partial charge is 0.359 e. The summed E-state index contributed by atoms with van der Waals surface area (Å²) in [5.74, 6) is 0.952. The minimum absolute atomic E-state index is 0.166. The van der Waals surface area contributed by atoms with Gasteiger partial charge in [0, 0.05) is 6.07 Å². The number of benzene rings is 2. The van der Waals surface area contributed by atoms with Gasteiger partial charge in [0.2, 0.25) is 0 Å². The molecule has 0 radical (unpaired) electrons. The second kappa shape index (κ2) is 7.01. The Kier molecular flexibility index (Phi) is 4.41. The summed E-state index contributed by atoms with van der Waals surface area (Å²) in [6.45, 7) is 1.79. The molecule has 5 nitrogen and oxygen atoms in total. The summed E-state index contributed by atoms with van der Waals surface area (Å²) in [5, 5.41) is 7.04. The van der Waals surface area contributed by atoms with E-state index >= 15 is 0 Å². The summed E-state index contributed by atoms with van der Waals surface area (Å²) >= 11 is 1.29. The van der Waals surface area contributed by atoms with Crippen molar-refractivity contribution in [2.75, 3.05) is 0 Å². The molecule has 1 saturated heterocycles. The average Bonchev–Trinajstić information content (AvgIpc) is 3.22. The number of hydrogen-bond donors (Lipinski definition) is 1. The van der Waals surface area contributed by atoms with E-state index < -0.39 is 0 Å². The van der Waals surface area contributed by atoms with Crippen LogP contribution in [0.25, 0.3) is 17.2 Å². The van der Waals surface area contributed by atoms with Crippen molar-refractivity contribution in [3.63, 3.8) is 0 Å². The predicted octanol–water partition coefficient (Wildman–Crippen LogP) is 4.54. The second-order valence-corrected chi connectivity index (χ2v) is 6.80. The number of amidine groups is 1. The zero-order valence-corrected chi connectivity index (χ0v) is 14.8. The van der Waals surface area contributed by atoms with Crippen molar-refractivity contribution in [3.05, 3.63) is 76.9 Å². The lowest BCUT2D eigenvalue weighted by Gasteiger charge is -2.02. The van der Waals surface area contributed by atoms with Crippen LogP contribution in [-0.4, -0.2) is 16.2 Å². The number of nitrogens with one attached hydrogen (secondary N) is 1. The highest BCUT2D eigenvalue weighted by Gasteiger charge is 2.24. The summed E-state index contributed by atoms with van der Waals surface area (Å²) in [6, 6.07) is 20.0. The van der Waals surface area contributed by atoms with Gasteiger partial charge >= 0.3 is 0 Å². The highest BCUT2D eigenvalue weighted by Crippen LogP contribution is 2.28. The highest BCUT2D eigenvalue weighted by atomic mass is 32.2. The maximum absolute atomic E-state index is 12.1. The van der Waals surface area contributed by atoms with Crippen LogP contribution < -0.4 is 5.32 Å². The molecule has 0 spiro atoms. The second-order valence-electron chi connectivity index (χ2n) is 5.77. The van der Waals surface area contributed by atoms with E-state index in [2.05, 4.69) is 27.6 Å². The molecule has 1 N–H and O–H groups in total. The van der Waals surface area contributed by atoms with Crippen LogP contribution in [0.4, 0.5) is 5.82 Å². The number of rotatable bonds is 3. The fourth-order valence-electron chi connectivity index (χ4n) is 2.54. The summed E-state index contributed by atoms with van der Waals surface area (Å²) in [5.41, 5.74) is 3.26. The Morgan fingerprint density at radius 3 is 2.50 bits per heavy atom. The van der Waals surface area contributed by atoms with E-state index in [0.29, 0.717) is 21.7 Å². The number of aryl methyl sites for hydroxylation is 1. The lowest BCUT2D eigenvalue weighted by molar-refractivity contribution is -0.115. The van der Waals surface area contributed by atoms with Crippen molar-refractivity contribution in [1.29, 1.82) is 0 Å². The first-order chi connectivity index (χ1) is 12.7. The molecule has 1 aliphatic rings. The SMILES string of the molecule is Cc1cc(N=C2NC(=O)/C(=C\c3ccc(-c4ccccc4)cc3)S2)no1. The van der Waals surface area contributed by atoms with Gasteiger partial charge in [0.05, 0.1) is 4.91 Å². The van der Waals surface area contributed by atoms with E-state index in [4.69, 9.17) is 4.52 Å². The molecule has 1 amide bonds. The van der Waals surface area contributed by atoms with Crippen molar-refractivity contribution in [2.45, 2.75) is 6.92 Å². The lowest BCUT2D eigenvalue weighted by Crippen LogP contribution is -2.19. The molecule has 0 atom stereocenters. The van der Waals surface area contributed by atoms with Crippen LogP contribution in [0.2, 0.25) is 0 Å². The molecular weight excluding hydrogens is 346 g/mol. The average molecular weight is 361 g/mol. The normalized spacial score (nSPS) is 17.0. The number of aliphatic imine (C=N–C) groups is 1. The van der Waals surface area contributed by atoms with Crippen LogP contribution in [0.5, 0.6) is 0 Å². The molecule has 0 saturated carbocycles. The van der Waals surface area contributed by atoms with Gasteiger partial charge in [-0.15, -0.1) is 0 Å². The van der Waals surface area contributed by atoms with E-state index in [0.717, 1.165) is 16.7 Å². The molecule has 2 aromatic carbocycles. The smallest absolute Gasteiger partial charge is 0.264 e. The minimum atomic E-state index is -0.166. The molecule has 1 fully saturated rings. The van der Waals surface area contributed by atoms with Gasteiger partial charge in [-0.05, 0) is 41.5 Å². The van der Waals surface area contributed by atoms with E-state index in [1.807, 2.05) is 48.5 Å². The van der Waals surface area contributed by atoms with Gasteiger partial charge in [0.25, 0.3) is 5.91 Å². The monoisotopic (exact) mass is 361 g/mol. The number of amides is 1. The number of nitrogens with zero attached hydrogens (tertiary/aromatic N) is 2. The van der Waals surface area contributed by atoms with Crippen molar-refractivity contribution in [3.8, 4) is 11.1 Å². The Morgan fingerprint density at radius 2 is 1.81 bits per heavy atom. The Bertz CT molecular complexity index is 1010. The first kappa shape index (κ1) is 16.4. The fraction of sp³-hybridized carbons (Fsp3) is 0.0500. The Balaban J connectivity index is 1.53. The third-order valence-electron chi connectivity index (χ3n) is 3.80. The van der Waals surface area contributed by atoms with E-state index in [1.165, 1.54) is 11.8 Å². The van der Waals surface area contributed by atoms with Gasteiger partial charge < -0.3 is 9.84 Å². The molecule has 26 heavy (non-hydrogen) atoms. The summed E-state index contributed by atoms with van der Waals surface area (Å²) in [4.78, 5) is 17.0. The molecule has 1 aromatic heterocycles. The molecule has 128 valence electrons. The van der Waals surface area contributed by atoms with Gasteiger partial charge in [0.1, 0.15) is 5.76 Å². The molecule has 3 aromatic rings. The molecule has 1 aliphatic heterocycles. The highest BCUT2D eigenvalue weighted by molar-refractivity contribution is 8.18. The molecule has 4 rings (SSSR count). The van der Waals surface area contributed by atoms with Gasteiger partial charge in [-0.1, -0.05) is 59.8 Å². The van der Waals surface area contributed by atoms with Crippen LogP contribution in [0.1, 0.15) is 11.3 Å². The van der Waals surface area contributed by atoms with Gasteiger partial charge in [-0.25, -0.2) is 4.99 Å². The maximum atomic E-state index is 12.1. The zero-order valence-electron chi connectivity index (χ0n) is 14.0. The van der Waals surface area contributed by atoms with Crippen LogP contribution >= 0.6 is 11.8 Å². The van der Waals surface area contributed by atoms with Crippen LogP contribution in [0, 0.1) is 6.92 Å². The third kappa shape index (κ3) is 3.60. The van der Waals surface area contributed by atoms with E-state index in [9.17, 15) is 4.79 Å². The van der Waals surface area contributed by atoms with Crippen molar-refractivity contribution in [2.24, 2.45) is 4.99 Å². The van der Waals surface area contributed by atoms with Gasteiger partial charge in [-0.3, -0.25) is 4.79 Å².